The first-order valence-electron chi connectivity index (χ1n) is 23.6. The minimum atomic E-state index is -0.778. The summed E-state index contributed by atoms with van der Waals surface area (Å²) in [5.74, 6) is -0.917. The lowest BCUT2D eigenvalue weighted by molar-refractivity contribution is -0.167. The van der Waals surface area contributed by atoms with Crippen LogP contribution in [0.2, 0.25) is 0 Å². The van der Waals surface area contributed by atoms with Crippen LogP contribution >= 0.6 is 0 Å². The van der Waals surface area contributed by atoms with Gasteiger partial charge < -0.3 is 14.2 Å². The molecule has 0 bridgehead atoms. The molecule has 0 aromatic carbocycles. The Labute approximate surface area is 346 Å². The van der Waals surface area contributed by atoms with Crippen LogP contribution in [0.4, 0.5) is 0 Å². The van der Waals surface area contributed by atoms with Gasteiger partial charge in [-0.05, 0) is 83.5 Å². The van der Waals surface area contributed by atoms with E-state index >= 15 is 0 Å². The fraction of sp³-hybridized carbons (Fsp3) is 0.780. The lowest BCUT2D eigenvalue weighted by Gasteiger charge is -2.18. The van der Waals surface area contributed by atoms with Crippen molar-refractivity contribution < 1.29 is 28.6 Å². The molecule has 56 heavy (non-hydrogen) atoms. The first-order valence-corrected chi connectivity index (χ1v) is 23.6. The van der Waals surface area contributed by atoms with E-state index in [2.05, 4.69) is 69.4 Å². The van der Waals surface area contributed by atoms with Gasteiger partial charge >= 0.3 is 17.9 Å². The molecule has 0 heterocycles. The smallest absolute Gasteiger partial charge is 0.306 e. The second-order valence-electron chi connectivity index (χ2n) is 15.7. The summed E-state index contributed by atoms with van der Waals surface area (Å²) in [7, 11) is 0. The van der Waals surface area contributed by atoms with Crippen LogP contribution in [-0.2, 0) is 28.6 Å². The zero-order chi connectivity index (χ0) is 40.8. The van der Waals surface area contributed by atoms with E-state index < -0.39 is 6.10 Å². The monoisotopic (exact) mass is 785 g/mol. The molecule has 0 aromatic rings. The van der Waals surface area contributed by atoms with Crippen LogP contribution in [0.25, 0.3) is 0 Å². The number of rotatable bonds is 42. The Bertz CT molecular complexity index is 996. The van der Waals surface area contributed by atoms with Crippen LogP contribution in [0.1, 0.15) is 233 Å². The van der Waals surface area contributed by atoms with Crippen LogP contribution in [0.5, 0.6) is 0 Å². The molecule has 6 heteroatoms. The molecule has 0 N–H and O–H groups in total. The van der Waals surface area contributed by atoms with Gasteiger partial charge in [-0.2, -0.15) is 0 Å². The standard InChI is InChI=1S/C50H88O6/c1-4-7-10-13-15-17-19-21-23-25-27-28-30-32-34-37-40-43-49(52)55-46-47(45-54-48(51)42-39-36-12-9-6-3)56-50(53)44-41-38-35-33-31-29-26-24-22-20-18-16-14-11-8-5-2/h15,17-18,20-21,23-24,26,47H,4-14,16,19,22,25,27-46H2,1-3H3/b17-15-,20-18-,23-21-,26-24-. The van der Waals surface area contributed by atoms with Gasteiger partial charge in [0, 0.05) is 19.3 Å². The summed E-state index contributed by atoms with van der Waals surface area (Å²) in [6.07, 6.45) is 52.6. The molecule has 6 nitrogen and oxygen atoms in total. The number of hydrogen-bond donors (Lipinski definition) is 0. The third-order valence-electron chi connectivity index (χ3n) is 10.1. The van der Waals surface area contributed by atoms with Gasteiger partial charge in [-0.3, -0.25) is 14.4 Å². The molecule has 0 saturated carbocycles. The van der Waals surface area contributed by atoms with Gasteiger partial charge in [0.15, 0.2) is 6.10 Å². The van der Waals surface area contributed by atoms with Crippen molar-refractivity contribution in [1.82, 2.24) is 0 Å². The number of unbranched alkanes of at least 4 members (excludes halogenated alkanes) is 23. The lowest BCUT2D eigenvalue weighted by atomic mass is 10.1. The van der Waals surface area contributed by atoms with E-state index in [0.717, 1.165) is 103 Å². The van der Waals surface area contributed by atoms with Crippen molar-refractivity contribution in [3.63, 3.8) is 0 Å². The number of esters is 3. The van der Waals surface area contributed by atoms with E-state index in [0.29, 0.717) is 19.3 Å². The summed E-state index contributed by atoms with van der Waals surface area (Å²) in [5, 5.41) is 0. The topological polar surface area (TPSA) is 78.9 Å². The Morgan fingerprint density at radius 2 is 0.643 bits per heavy atom. The van der Waals surface area contributed by atoms with Gasteiger partial charge in [-0.1, -0.05) is 179 Å². The molecule has 0 aliphatic rings. The lowest BCUT2D eigenvalue weighted by Crippen LogP contribution is -2.30. The van der Waals surface area contributed by atoms with Crippen LogP contribution in [0.15, 0.2) is 48.6 Å². The van der Waals surface area contributed by atoms with Gasteiger partial charge in [0.25, 0.3) is 0 Å². The molecule has 0 fully saturated rings. The normalized spacial score (nSPS) is 12.4. The Morgan fingerprint density at radius 3 is 1.04 bits per heavy atom. The predicted molar refractivity (Wildman–Crippen MR) is 238 cm³/mol. The molecule has 0 rings (SSSR count). The minimum absolute atomic E-state index is 0.0823. The molecule has 0 aromatic heterocycles. The van der Waals surface area contributed by atoms with Crippen molar-refractivity contribution in [3.8, 4) is 0 Å². The van der Waals surface area contributed by atoms with Crippen LogP contribution < -0.4 is 0 Å². The molecule has 324 valence electrons. The Morgan fingerprint density at radius 1 is 0.357 bits per heavy atom. The van der Waals surface area contributed by atoms with E-state index in [1.54, 1.807) is 0 Å². The van der Waals surface area contributed by atoms with Crippen LogP contribution in [0.3, 0.4) is 0 Å². The van der Waals surface area contributed by atoms with Crippen molar-refractivity contribution in [3.05, 3.63) is 48.6 Å². The Hall–Kier alpha value is -2.63. The van der Waals surface area contributed by atoms with Crippen LogP contribution in [0, 0.1) is 0 Å². The van der Waals surface area contributed by atoms with Crippen LogP contribution in [-0.4, -0.2) is 37.2 Å². The molecule has 0 radical (unpaired) electrons. The first kappa shape index (κ1) is 53.4. The van der Waals surface area contributed by atoms with Crippen molar-refractivity contribution >= 4 is 17.9 Å². The number of allylic oxidation sites excluding steroid dienone is 8. The summed E-state index contributed by atoms with van der Waals surface area (Å²) >= 11 is 0. The maximum absolute atomic E-state index is 12.7. The second-order valence-corrected chi connectivity index (χ2v) is 15.7. The molecule has 0 aliphatic heterocycles. The highest BCUT2D eigenvalue weighted by Crippen LogP contribution is 2.13. The van der Waals surface area contributed by atoms with E-state index in [-0.39, 0.29) is 31.1 Å². The summed E-state index contributed by atoms with van der Waals surface area (Å²) in [5.41, 5.74) is 0. The molecule has 1 unspecified atom stereocenters. The molecule has 0 aliphatic carbocycles. The summed E-state index contributed by atoms with van der Waals surface area (Å²) in [6.45, 7) is 6.49. The zero-order valence-corrected chi connectivity index (χ0v) is 36.9. The number of ether oxygens (including phenoxy) is 3. The van der Waals surface area contributed by atoms with E-state index in [1.165, 1.54) is 89.9 Å². The quantitative estimate of drug-likeness (QED) is 0.0265. The largest absolute Gasteiger partial charge is 0.462 e. The molecule has 0 saturated heterocycles. The van der Waals surface area contributed by atoms with Gasteiger partial charge in [0.2, 0.25) is 0 Å². The molecule has 0 spiro atoms. The molecular formula is C50H88O6. The average molecular weight is 785 g/mol. The highest BCUT2D eigenvalue weighted by atomic mass is 16.6. The average Bonchev–Trinajstić information content (AvgIpc) is 3.19. The zero-order valence-electron chi connectivity index (χ0n) is 36.9. The predicted octanol–water partition coefficient (Wildman–Crippen LogP) is 15.1. The van der Waals surface area contributed by atoms with Crippen molar-refractivity contribution in [2.24, 2.45) is 0 Å². The van der Waals surface area contributed by atoms with Gasteiger partial charge in [0.1, 0.15) is 13.2 Å². The highest BCUT2D eigenvalue weighted by Gasteiger charge is 2.19. The number of carbonyl (C=O) groups is 3. The highest BCUT2D eigenvalue weighted by molar-refractivity contribution is 5.71. The first-order chi connectivity index (χ1) is 27.5. The fourth-order valence-corrected chi connectivity index (χ4v) is 6.44. The number of hydrogen-bond acceptors (Lipinski definition) is 6. The summed E-state index contributed by atoms with van der Waals surface area (Å²) in [4.78, 5) is 37.5. The maximum atomic E-state index is 12.7. The van der Waals surface area contributed by atoms with E-state index in [9.17, 15) is 14.4 Å². The second kappa shape index (κ2) is 45.1. The Balaban J connectivity index is 4.24. The van der Waals surface area contributed by atoms with E-state index in [4.69, 9.17) is 14.2 Å². The summed E-state index contributed by atoms with van der Waals surface area (Å²) < 4.78 is 16.6. The Kier molecular flexibility index (Phi) is 43.0. The van der Waals surface area contributed by atoms with Gasteiger partial charge in [-0.15, -0.1) is 0 Å². The molecular weight excluding hydrogens is 697 g/mol. The van der Waals surface area contributed by atoms with Gasteiger partial charge in [0.05, 0.1) is 0 Å². The third kappa shape index (κ3) is 42.5. The van der Waals surface area contributed by atoms with Crippen molar-refractivity contribution in [1.29, 1.82) is 0 Å². The maximum Gasteiger partial charge on any atom is 0.306 e. The fourth-order valence-electron chi connectivity index (χ4n) is 6.44. The van der Waals surface area contributed by atoms with Crippen molar-refractivity contribution in [2.45, 2.75) is 239 Å². The minimum Gasteiger partial charge on any atom is -0.462 e. The molecule has 1 atom stereocenters. The SMILES string of the molecule is CCCCC/C=C\C/C=C\CCCCCCCCCC(=O)OCC(COC(=O)CCCCCCC)OC(=O)CCCCCCC/C=C\C/C=C\CCCCCC. The van der Waals surface area contributed by atoms with Crippen molar-refractivity contribution in [2.75, 3.05) is 13.2 Å². The summed E-state index contributed by atoms with van der Waals surface area (Å²) in [6, 6.07) is 0. The number of carbonyl (C=O) groups excluding carboxylic acids is 3. The third-order valence-corrected chi connectivity index (χ3v) is 10.1. The van der Waals surface area contributed by atoms with Gasteiger partial charge in [-0.25, -0.2) is 0 Å². The van der Waals surface area contributed by atoms with E-state index in [1.807, 2.05) is 0 Å². The molecule has 0 amide bonds.